The van der Waals surface area contributed by atoms with Gasteiger partial charge in [0.15, 0.2) is 0 Å². The average Bonchev–Trinajstić information content (AvgIpc) is 2.95. The number of aromatic nitrogens is 1. The Bertz CT molecular complexity index is 717. The van der Waals surface area contributed by atoms with E-state index in [1.165, 1.54) is 11.3 Å². The van der Waals surface area contributed by atoms with Crippen LogP contribution in [0.15, 0.2) is 29.6 Å². The van der Waals surface area contributed by atoms with E-state index in [4.69, 9.17) is 5.11 Å². The smallest absolute Gasteiger partial charge is 0.303 e. The summed E-state index contributed by atoms with van der Waals surface area (Å²) in [5, 5.41) is 14.2. The van der Waals surface area contributed by atoms with E-state index in [1.54, 1.807) is 23.6 Å². The van der Waals surface area contributed by atoms with Gasteiger partial charge in [-0.25, -0.2) is 4.98 Å². The van der Waals surface area contributed by atoms with Gasteiger partial charge < -0.3 is 10.4 Å². The number of aliphatic carboxylic acids is 1. The summed E-state index contributed by atoms with van der Waals surface area (Å²) in [6.07, 6.45) is 0.502. The fourth-order valence-corrected chi connectivity index (χ4v) is 2.86. The zero-order chi connectivity index (χ0) is 17.0. The molecule has 1 heterocycles. The van der Waals surface area contributed by atoms with Crippen LogP contribution in [0.1, 0.15) is 48.3 Å². The van der Waals surface area contributed by atoms with E-state index in [9.17, 15) is 9.59 Å². The third kappa shape index (κ3) is 4.89. The van der Waals surface area contributed by atoms with Crippen LogP contribution < -0.4 is 5.32 Å². The Morgan fingerprint density at radius 3 is 2.65 bits per heavy atom. The second kappa shape index (κ2) is 6.91. The van der Waals surface area contributed by atoms with Crippen molar-refractivity contribution in [3.05, 3.63) is 45.9 Å². The van der Waals surface area contributed by atoms with Crippen LogP contribution in [-0.2, 0) is 16.6 Å². The van der Waals surface area contributed by atoms with E-state index < -0.39 is 5.97 Å². The molecule has 0 unspecified atom stereocenters. The summed E-state index contributed by atoms with van der Waals surface area (Å²) in [6, 6.07) is 7.21. The molecular weight excluding hydrogens is 312 g/mol. The summed E-state index contributed by atoms with van der Waals surface area (Å²) in [5.41, 5.74) is 1.83. The minimum absolute atomic E-state index is 0.0679. The first-order valence-electron chi connectivity index (χ1n) is 7.34. The molecule has 0 bridgehead atoms. The molecule has 0 radical (unpaired) electrons. The maximum atomic E-state index is 12.3. The van der Waals surface area contributed by atoms with Gasteiger partial charge in [-0.05, 0) is 24.1 Å². The average molecular weight is 332 g/mol. The van der Waals surface area contributed by atoms with Gasteiger partial charge in [0.25, 0.3) is 5.91 Å². The molecule has 0 aliphatic carbocycles. The normalized spacial score (nSPS) is 11.3. The molecule has 122 valence electrons. The van der Waals surface area contributed by atoms with Crippen molar-refractivity contribution in [1.29, 1.82) is 0 Å². The summed E-state index contributed by atoms with van der Waals surface area (Å²) < 4.78 is 0. The third-order valence-corrected chi connectivity index (χ3v) is 4.46. The van der Waals surface area contributed by atoms with Crippen molar-refractivity contribution in [3.63, 3.8) is 0 Å². The number of amides is 1. The van der Waals surface area contributed by atoms with Crippen molar-refractivity contribution in [3.8, 4) is 0 Å². The number of carboxylic acids is 1. The summed E-state index contributed by atoms with van der Waals surface area (Å²) >= 11 is 1.47. The summed E-state index contributed by atoms with van der Waals surface area (Å²) in [7, 11) is 0. The Kier molecular flexibility index (Phi) is 5.15. The van der Waals surface area contributed by atoms with Crippen molar-refractivity contribution >= 4 is 28.9 Å². The third-order valence-electron chi connectivity index (χ3n) is 3.19. The highest BCUT2D eigenvalue weighted by Gasteiger charge is 2.20. The fraction of sp³-hybridized carbons (Fsp3) is 0.353. The van der Waals surface area contributed by atoms with Gasteiger partial charge >= 0.3 is 5.97 Å². The zero-order valence-corrected chi connectivity index (χ0v) is 14.2. The molecule has 1 aromatic carbocycles. The quantitative estimate of drug-likeness (QED) is 0.875. The van der Waals surface area contributed by atoms with E-state index in [1.807, 2.05) is 6.07 Å². The molecule has 5 nitrogen and oxygen atoms in total. The lowest BCUT2D eigenvalue weighted by molar-refractivity contribution is -0.136. The van der Waals surface area contributed by atoms with Crippen LogP contribution in [0.2, 0.25) is 0 Å². The van der Waals surface area contributed by atoms with Crippen LogP contribution >= 0.6 is 11.3 Å². The minimum atomic E-state index is -0.836. The number of carbonyl (C=O) groups excluding carboxylic acids is 1. The van der Waals surface area contributed by atoms with Crippen LogP contribution in [0.3, 0.4) is 0 Å². The number of carboxylic acid groups (broad SMARTS) is 1. The van der Waals surface area contributed by atoms with Gasteiger partial charge in [-0.2, -0.15) is 0 Å². The molecular formula is C17H20N2O3S. The molecule has 0 saturated heterocycles. The summed E-state index contributed by atoms with van der Waals surface area (Å²) in [5.74, 6) is -1.09. The van der Waals surface area contributed by atoms with Gasteiger partial charge in [0.05, 0.1) is 5.01 Å². The molecule has 1 aromatic heterocycles. The maximum Gasteiger partial charge on any atom is 0.303 e. The first-order valence-corrected chi connectivity index (χ1v) is 8.22. The van der Waals surface area contributed by atoms with Gasteiger partial charge in [0, 0.05) is 22.9 Å². The first-order chi connectivity index (χ1) is 10.8. The van der Waals surface area contributed by atoms with Crippen LogP contribution in [0.25, 0.3) is 0 Å². The summed E-state index contributed by atoms with van der Waals surface area (Å²) in [6.45, 7) is 6.17. The SMILES string of the molecule is CC(C)(C)c1nc(C(=O)Nc2cccc(CCC(=O)O)c2)cs1. The van der Waals surface area contributed by atoms with Crippen LogP contribution in [-0.4, -0.2) is 22.0 Å². The lowest BCUT2D eigenvalue weighted by Crippen LogP contribution is -2.15. The lowest BCUT2D eigenvalue weighted by atomic mass is 9.98. The predicted molar refractivity (Wildman–Crippen MR) is 91.2 cm³/mol. The Labute approximate surface area is 139 Å². The molecule has 0 aliphatic rings. The van der Waals surface area contributed by atoms with Crippen molar-refractivity contribution in [1.82, 2.24) is 4.98 Å². The van der Waals surface area contributed by atoms with E-state index in [2.05, 4.69) is 31.1 Å². The van der Waals surface area contributed by atoms with Gasteiger partial charge in [0.1, 0.15) is 5.69 Å². The van der Waals surface area contributed by atoms with Gasteiger partial charge in [-0.3, -0.25) is 9.59 Å². The monoisotopic (exact) mass is 332 g/mol. The number of aryl methyl sites for hydroxylation is 1. The van der Waals surface area contributed by atoms with E-state index in [0.717, 1.165) is 10.6 Å². The van der Waals surface area contributed by atoms with Crippen molar-refractivity contribution in [2.75, 3.05) is 5.32 Å². The Morgan fingerprint density at radius 2 is 2.04 bits per heavy atom. The number of carbonyl (C=O) groups is 2. The molecule has 23 heavy (non-hydrogen) atoms. The minimum Gasteiger partial charge on any atom is -0.481 e. The standard InChI is InChI=1S/C17H20N2O3S/c1-17(2,3)16-19-13(10-23-16)15(22)18-12-6-4-5-11(9-12)7-8-14(20)21/h4-6,9-10H,7-8H2,1-3H3,(H,18,22)(H,20,21). The highest BCUT2D eigenvalue weighted by Crippen LogP contribution is 2.26. The Balaban J connectivity index is 2.06. The topological polar surface area (TPSA) is 79.3 Å². The highest BCUT2D eigenvalue weighted by molar-refractivity contribution is 7.10. The van der Waals surface area contributed by atoms with Crippen molar-refractivity contribution < 1.29 is 14.7 Å². The van der Waals surface area contributed by atoms with Gasteiger partial charge in [0.2, 0.25) is 0 Å². The van der Waals surface area contributed by atoms with E-state index in [-0.39, 0.29) is 17.7 Å². The number of anilines is 1. The van der Waals surface area contributed by atoms with E-state index >= 15 is 0 Å². The van der Waals surface area contributed by atoms with Crippen molar-refractivity contribution in [2.45, 2.75) is 39.0 Å². The number of nitrogens with one attached hydrogen (secondary N) is 1. The predicted octanol–water partition coefficient (Wildman–Crippen LogP) is 3.71. The Hall–Kier alpha value is -2.21. The maximum absolute atomic E-state index is 12.3. The first kappa shape index (κ1) is 17.1. The molecule has 0 aliphatic heterocycles. The number of benzene rings is 1. The molecule has 2 aromatic rings. The van der Waals surface area contributed by atoms with Crippen LogP contribution in [0.5, 0.6) is 0 Å². The van der Waals surface area contributed by atoms with Crippen LogP contribution in [0.4, 0.5) is 5.69 Å². The summed E-state index contributed by atoms with van der Waals surface area (Å²) in [4.78, 5) is 27.3. The second-order valence-electron chi connectivity index (χ2n) is 6.34. The zero-order valence-electron chi connectivity index (χ0n) is 13.4. The molecule has 0 fully saturated rings. The van der Waals surface area contributed by atoms with Crippen LogP contribution in [0, 0.1) is 0 Å². The van der Waals surface area contributed by atoms with Crippen molar-refractivity contribution in [2.24, 2.45) is 0 Å². The van der Waals surface area contributed by atoms with Gasteiger partial charge in [-0.1, -0.05) is 32.9 Å². The molecule has 0 atom stereocenters. The number of thiazole rings is 1. The molecule has 0 saturated carbocycles. The number of hydrogen-bond donors (Lipinski definition) is 2. The number of nitrogens with zero attached hydrogens (tertiary/aromatic N) is 1. The largest absolute Gasteiger partial charge is 0.481 e. The fourth-order valence-electron chi connectivity index (χ4n) is 1.97. The van der Waals surface area contributed by atoms with Gasteiger partial charge in [-0.15, -0.1) is 11.3 Å². The molecule has 2 rings (SSSR count). The molecule has 6 heteroatoms. The number of rotatable bonds is 5. The lowest BCUT2D eigenvalue weighted by Gasteiger charge is -2.13. The van der Waals surface area contributed by atoms with E-state index in [0.29, 0.717) is 17.8 Å². The number of hydrogen-bond acceptors (Lipinski definition) is 4. The molecule has 2 N–H and O–H groups in total. The Morgan fingerprint density at radius 1 is 1.30 bits per heavy atom. The molecule has 1 amide bonds. The molecule has 0 spiro atoms. The second-order valence-corrected chi connectivity index (χ2v) is 7.19. The highest BCUT2D eigenvalue weighted by atomic mass is 32.1.